The van der Waals surface area contributed by atoms with Crippen molar-refractivity contribution in [2.75, 3.05) is 39.8 Å². The van der Waals surface area contributed by atoms with Crippen molar-refractivity contribution in [3.8, 4) is 0 Å². The number of hydrogen-bond acceptors (Lipinski definition) is 3. The molecule has 1 saturated heterocycles. The maximum atomic E-state index is 4.29. The van der Waals surface area contributed by atoms with Gasteiger partial charge in [0.15, 0.2) is 5.96 Å². The first kappa shape index (κ1) is 21.2. The number of aryl methyl sites for hydroxylation is 1. The Hall–Kier alpha value is -0.830. The Bertz CT molecular complexity index is 452. The van der Waals surface area contributed by atoms with E-state index < -0.39 is 0 Å². The molecule has 2 atom stereocenters. The first-order valence-corrected chi connectivity index (χ1v) is 8.81. The standard InChI is InChI=1S/C17H32N6.HI/c1-15-12-16(2)14-22(13-15)11-8-20-17(18-3)19-6-4-9-23-10-5-7-21-23;/h5,7,10,15-16H,4,6,8-9,11-14H2,1-3H3,(H2,18,19,20);1H. The zero-order valence-electron chi connectivity index (χ0n) is 15.2. The number of nitrogens with zero attached hydrogens (tertiary/aromatic N) is 4. The van der Waals surface area contributed by atoms with Gasteiger partial charge in [-0.2, -0.15) is 5.10 Å². The highest BCUT2D eigenvalue weighted by atomic mass is 127. The molecule has 1 aliphatic rings. The highest BCUT2D eigenvalue weighted by Crippen LogP contribution is 2.20. The summed E-state index contributed by atoms with van der Waals surface area (Å²) in [6, 6.07) is 1.95. The fraction of sp³-hybridized carbons (Fsp3) is 0.765. The number of aromatic nitrogens is 2. The summed E-state index contributed by atoms with van der Waals surface area (Å²) in [6.45, 7) is 11.0. The summed E-state index contributed by atoms with van der Waals surface area (Å²) in [6.07, 6.45) is 6.21. The van der Waals surface area contributed by atoms with E-state index in [9.17, 15) is 0 Å². The molecule has 0 radical (unpaired) electrons. The molecule has 2 N–H and O–H groups in total. The minimum atomic E-state index is 0. The lowest BCUT2D eigenvalue weighted by Crippen LogP contribution is -2.45. The van der Waals surface area contributed by atoms with Crippen LogP contribution < -0.4 is 10.6 Å². The van der Waals surface area contributed by atoms with E-state index in [0.29, 0.717) is 0 Å². The van der Waals surface area contributed by atoms with Gasteiger partial charge in [-0.3, -0.25) is 9.67 Å². The average molecular weight is 448 g/mol. The monoisotopic (exact) mass is 448 g/mol. The number of nitrogens with one attached hydrogen (secondary N) is 2. The third-order valence-electron chi connectivity index (χ3n) is 4.30. The molecule has 0 saturated carbocycles. The largest absolute Gasteiger partial charge is 0.356 e. The summed E-state index contributed by atoms with van der Waals surface area (Å²) in [5.41, 5.74) is 0. The molecule has 2 unspecified atom stereocenters. The lowest BCUT2D eigenvalue weighted by atomic mass is 9.92. The predicted molar refractivity (Wildman–Crippen MR) is 111 cm³/mol. The fourth-order valence-electron chi connectivity index (χ4n) is 3.41. The van der Waals surface area contributed by atoms with E-state index in [-0.39, 0.29) is 24.0 Å². The Morgan fingerprint density at radius 2 is 1.88 bits per heavy atom. The van der Waals surface area contributed by atoms with Crippen LogP contribution in [0.3, 0.4) is 0 Å². The van der Waals surface area contributed by atoms with E-state index in [0.717, 1.165) is 50.4 Å². The smallest absolute Gasteiger partial charge is 0.191 e. The summed E-state index contributed by atoms with van der Waals surface area (Å²) >= 11 is 0. The van der Waals surface area contributed by atoms with Crippen LogP contribution in [0.2, 0.25) is 0 Å². The van der Waals surface area contributed by atoms with Crippen LogP contribution in [0.4, 0.5) is 0 Å². The third kappa shape index (κ3) is 7.83. The van der Waals surface area contributed by atoms with Crippen molar-refractivity contribution >= 4 is 29.9 Å². The molecule has 1 fully saturated rings. The second-order valence-corrected chi connectivity index (χ2v) is 6.75. The molecule has 0 bridgehead atoms. The molecular formula is C17H33IN6. The van der Waals surface area contributed by atoms with Crippen molar-refractivity contribution < 1.29 is 0 Å². The van der Waals surface area contributed by atoms with Gasteiger partial charge in [0.2, 0.25) is 0 Å². The van der Waals surface area contributed by atoms with Gasteiger partial charge in [-0.1, -0.05) is 13.8 Å². The minimum Gasteiger partial charge on any atom is -0.356 e. The molecule has 1 aliphatic heterocycles. The maximum absolute atomic E-state index is 4.29. The predicted octanol–water partition coefficient (Wildman–Crippen LogP) is 2.03. The number of halogens is 1. The van der Waals surface area contributed by atoms with E-state index in [1.807, 2.05) is 30.2 Å². The van der Waals surface area contributed by atoms with Gasteiger partial charge < -0.3 is 15.5 Å². The van der Waals surface area contributed by atoms with Gasteiger partial charge in [0.05, 0.1) is 0 Å². The van der Waals surface area contributed by atoms with Crippen molar-refractivity contribution in [1.29, 1.82) is 0 Å². The van der Waals surface area contributed by atoms with Crippen LogP contribution in [-0.4, -0.2) is 60.4 Å². The van der Waals surface area contributed by atoms with Gasteiger partial charge in [-0.25, -0.2) is 0 Å². The van der Waals surface area contributed by atoms with Gasteiger partial charge in [0.25, 0.3) is 0 Å². The normalized spacial score (nSPS) is 22.0. The zero-order valence-corrected chi connectivity index (χ0v) is 17.6. The van der Waals surface area contributed by atoms with E-state index in [1.165, 1.54) is 19.5 Å². The summed E-state index contributed by atoms with van der Waals surface area (Å²) in [4.78, 5) is 6.85. The Labute approximate surface area is 163 Å². The summed E-state index contributed by atoms with van der Waals surface area (Å²) in [5.74, 6) is 2.53. The van der Waals surface area contributed by atoms with Crippen LogP contribution in [0.1, 0.15) is 26.7 Å². The Morgan fingerprint density at radius 3 is 2.50 bits per heavy atom. The van der Waals surface area contributed by atoms with E-state index in [1.54, 1.807) is 0 Å². The molecule has 6 nitrogen and oxygen atoms in total. The van der Waals surface area contributed by atoms with Crippen LogP contribution in [0.15, 0.2) is 23.5 Å². The van der Waals surface area contributed by atoms with Gasteiger partial charge in [0, 0.05) is 58.7 Å². The van der Waals surface area contributed by atoms with Crippen LogP contribution >= 0.6 is 24.0 Å². The second-order valence-electron chi connectivity index (χ2n) is 6.75. The average Bonchev–Trinajstić information content (AvgIpc) is 3.02. The van der Waals surface area contributed by atoms with Gasteiger partial charge in [-0.15, -0.1) is 24.0 Å². The fourth-order valence-corrected chi connectivity index (χ4v) is 3.41. The van der Waals surface area contributed by atoms with Crippen molar-refractivity contribution in [3.05, 3.63) is 18.5 Å². The molecule has 2 heterocycles. The Kier molecular flexibility index (Phi) is 10.3. The van der Waals surface area contributed by atoms with E-state index >= 15 is 0 Å². The maximum Gasteiger partial charge on any atom is 0.191 e. The molecule has 0 aliphatic carbocycles. The van der Waals surface area contributed by atoms with E-state index in [2.05, 4.69) is 39.5 Å². The molecule has 7 heteroatoms. The summed E-state index contributed by atoms with van der Waals surface area (Å²) in [5, 5.41) is 11.0. The number of guanidine groups is 1. The number of likely N-dealkylation sites (tertiary alicyclic amines) is 1. The molecule has 2 rings (SSSR count). The Morgan fingerprint density at radius 1 is 1.17 bits per heavy atom. The molecule has 0 aromatic carbocycles. The summed E-state index contributed by atoms with van der Waals surface area (Å²) < 4.78 is 1.95. The van der Waals surface area contributed by atoms with Crippen LogP contribution in [0, 0.1) is 11.8 Å². The van der Waals surface area contributed by atoms with E-state index in [4.69, 9.17) is 0 Å². The number of piperidine rings is 1. The number of aliphatic imine (C=N–C) groups is 1. The van der Waals surface area contributed by atoms with Crippen molar-refractivity contribution in [2.45, 2.75) is 33.2 Å². The molecule has 1 aromatic rings. The van der Waals surface area contributed by atoms with Crippen molar-refractivity contribution in [3.63, 3.8) is 0 Å². The van der Waals surface area contributed by atoms with Crippen LogP contribution in [0.5, 0.6) is 0 Å². The Balaban J connectivity index is 0.00000288. The first-order chi connectivity index (χ1) is 11.2. The quantitative estimate of drug-likeness (QED) is 0.290. The van der Waals surface area contributed by atoms with Crippen molar-refractivity contribution in [2.24, 2.45) is 16.8 Å². The topological polar surface area (TPSA) is 57.5 Å². The summed E-state index contributed by atoms with van der Waals surface area (Å²) in [7, 11) is 1.83. The zero-order chi connectivity index (χ0) is 16.5. The highest BCUT2D eigenvalue weighted by molar-refractivity contribution is 14.0. The molecule has 1 aromatic heterocycles. The van der Waals surface area contributed by atoms with Gasteiger partial charge in [-0.05, 0) is 30.7 Å². The molecular weight excluding hydrogens is 415 g/mol. The lowest BCUT2D eigenvalue weighted by Gasteiger charge is -2.35. The second kappa shape index (κ2) is 11.7. The first-order valence-electron chi connectivity index (χ1n) is 8.81. The third-order valence-corrected chi connectivity index (χ3v) is 4.30. The van der Waals surface area contributed by atoms with Crippen LogP contribution in [-0.2, 0) is 6.54 Å². The molecule has 0 amide bonds. The molecule has 0 spiro atoms. The highest BCUT2D eigenvalue weighted by Gasteiger charge is 2.21. The minimum absolute atomic E-state index is 0. The molecule has 24 heavy (non-hydrogen) atoms. The SMILES string of the molecule is CN=C(NCCCn1cccn1)NCCN1CC(C)CC(C)C1.I. The number of hydrogen-bond donors (Lipinski definition) is 2. The van der Waals surface area contributed by atoms with Crippen LogP contribution in [0.25, 0.3) is 0 Å². The van der Waals surface area contributed by atoms with Crippen molar-refractivity contribution in [1.82, 2.24) is 25.3 Å². The number of rotatable bonds is 7. The molecule has 138 valence electrons. The van der Waals surface area contributed by atoms with Gasteiger partial charge in [0.1, 0.15) is 0 Å². The lowest BCUT2D eigenvalue weighted by molar-refractivity contribution is 0.143. The van der Waals surface area contributed by atoms with Gasteiger partial charge >= 0.3 is 0 Å².